The number of thiazole rings is 1. The van der Waals surface area contributed by atoms with E-state index in [2.05, 4.69) is 15.6 Å². The second-order valence-corrected chi connectivity index (χ2v) is 6.38. The summed E-state index contributed by atoms with van der Waals surface area (Å²) in [4.78, 5) is 17.1. The van der Waals surface area contributed by atoms with Crippen LogP contribution in [0.1, 0.15) is 35.8 Å². The summed E-state index contributed by atoms with van der Waals surface area (Å²) >= 11 is 1.59. The fourth-order valence-electron chi connectivity index (χ4n) is 1.67. The van der Waals surface area contributed by atoms with Gasteiger partial charge in [-0.15, -0.1) is 11.3 Å². The number of carbonyl (C=O) groups excluding carboxylic acids is 1. The zero-order chi connectivity index (χ0) is 14.4. The second kappa shape index (κ2) is 7.45. The van der Waals surface area contributed by atoms with E-state index in [9.17, 15) is 9.90 Å². The third kappa shape index (κ3) is 6.02. The molecule has 0 bridgehead atoms. The maximum Gasteiger partial charge on any atom is 0.315 e. The zero-order valence-corrected chi connectivity index (χ0v) is 12.8. The number of hydrogen-bond acceptors (Lipinski definition) is 4. The molecule has 19 heavy (non-hydrogen) atoms. The van der Waals surface area contributed by atoms with E-state index in [0.29, 0.717) is 18.9 Å². The number of rotatable bonds is 6. The highest BCUT2D eigenvalue weighted by Crippen LogP contribution is 2.15. The number of aromatic nitrogens is 1. The Balaban J connectivity index is 2.24. The van der Waals surface area contributed by atoms with Crippen LogP contribution >= 0.6 is 11.3 Å². The van der Waals surface area contributed by atoms with Gasteiger partial charge < -0.3 is 15.7 Å². The molecule has 1 aromatic heterocycles. The first-order valence-corrected chi connectivity index (χ1v) is 7.32. The van der Waals surface area contributed by atoms with Gasteiger partial charge in [-0.1, -0.05) is 13.8 Å². The average Bonchev–Trinajstić information content (AvgIpc) is 2.63. The van der Waals surface area contributed by atoms with Gasteiger partial charge in [-0.3, -0.25) is 0 Å². The predicted octanol–water partition coefficient (Wildman–Crippen LogP) is 1.97. The normalized spacial score (nSPS) is 12.5. The summed E-state index contributed by atoms with van der Waals surface area (Å²) in [5, 5.41) is 15.9. The Morgan fingerprint density at radius 2 is 2.05 bits per heavy atom. The smallest absolute Gasteiger partial charge is 0.315 e. The number of hydrogen-bond donors (Lipinski definition) is 3. The van der Waals surface area contributed by atoms with Crippen molar-refractivity contribution in [2.45, 2.75) is 46.8 Å². The Morgan fingerprint density at radius 1 is 1.37 bits per heavy atom. The number of nitrogens with zero attached hydrogens (tertiary/aromatic N) is 1. The zero-order valence-electron chi connectivity index (χ0n) is 12.0. The highest BCUT2D eigenvalue weighted by molar-refractivity contribution is 7.11. The fraction of sp³-hybridized carbons (Fsp3) is 0.692. The van der Waals surface area contributed by atoms with Crippen molar-refractivity contribution < 1.29 is 9.90 Å². The van der Waals surface area contributed by atoms with E-state index < -0.39 is 6.10 Å². The Labute approximate surface area is 118 Å². The van der Waals surface area contributed by atoms with Crippen molar-refractivity contribution in [2.75, 3.05) is 6.54 Å². The van der Waals surface area contributed by atoms with E-state index in [-0.39, 0.29) is 12.6 Å². The molecular formula is C13H23N3O2S. The first kappa shape index (κ1) is 15.9. The number of nitrogens with one attached hydrogen (secondary N) is 2. The molecule has 0 aliphatic heterocycles. The van der Waals surface area contributed by atoms with Crippen molar-refractivity contribution in [1.82, 2.24) is 15.6 Å². The highest BCUT2D eigenvalue weighted by Gasteiger charge is 2.09. The number of urea groups is 1. The first-order valence-electron chi connectivity index (χ1n) is 6.51. The van der Waals surface area contributed by atoms with Gasteiger partial charge in [0.15, 0.2) is 0 Å². The van der Waals surface area contributed by atoms with E-state index in [0.717, 1.165) is 10.7 Å². The van der Waals surface area contributed by atoms with Gasteiger partial charge in [0.2, 0.25) is 0 Å². The van der Waals surface area contributed by atoms with Crippen LogP contribution in [-0.4, -0.2) is 28.8 Å². The number of aryl methyl sites for hydroxylation is 2. The maximum absolute atomic E-state index is 11.5. The lowest BCUT2D eigenvalue weighted by atomic mass is 10.1. The number of amides is 2. The summed E-state index contributed by atoms with van der Waals surface area (Å²) in [6, 6.07) is -0.270. The van der Waals surface area contributed by atoms with Crippen molar-refractivity contribution in [3.63, 3.8) is 0 Å². The molecule has 6 heteroatoms. The molecule has 0 aliphatic carbocycles. The molecule has 108 valence electrons. The molecule has 0 spiro atoms. The van der Waals surface area contributed by atoms with Crippen LogP contribution in [0, 0.1) is 19.8 Å². The maximum atomic E-state index is 11.5. The highest BCUT2D eigenvalue weighted by atomic mass is 32.1. The quantitative estimate of drug-likeness (QED) is 0.748. The molecule has 1 atom stereocenters. The van der Waals surface area contributed by atoms with Gasteiger partial charge in [0.1, 0.15) is 5.01 Å². The predicted molar refractivity (Wildman–Crippen MR) is 77.3 cm³/mol. The molecule has 1 heterocycles. The molecule has 0 saturated heterocycles. The van der Waals surface area contributed by atoms with Gasteiger partial charge in [0.05, 0.1) is 18.3 Å². The SMILES string of the molecule is Cc1nc(CNC(=O)NCC(O)CC(C)C)sc1C. The van der Waals surface area contributed by atoms with Crippen LogP contribution in [0.2, 0.25) is 0 Å². The van der Waals surface area contributed by atoms with Crippen LogP contribution < -0.4 is 10.6 Å². The molecule has 1 unspecified atom stereocenters. The third-order valence-corrected chi connectivity index (χ3v) is 3.79. The van der Waals surface area contributed by atoms with E-state index in [1.807, 2.05) is 27.7 Å². The molecule has 0 aliphatic rings. The molecule has 5 nitrogen and oxygen atoms in total. The molecule has 0 fully saturated rings. The van der Waals surface area contributed by atoms with Crippen LogP contribution in [0.25, 0.3) is 0 Å². The van der Waals surface area contributed by atoms with E-state index in [1.165, 1.54) is 4.88 Å². The second-order valence-electron chi connectivity index (χ2n) is 5.10. The van der Waals surface area contributed by atoms with Crippen LogP contribution in [0.4, 0.5) is 4.79 Å². The first-order chi connectivity index (χ1) is 8.88. The van der Waals surface area contributed by atoms with Gasteiger partial charge in [-0.05, 0) is 26.2 Å². The lowest BCUT2D eigenvalue weighted by Gasteiger charge is -2.14. The summed E-state index contributed by atoms with van der Waals surface area (Å²) in [5.41, 5.74) is 1.01. The molecule has 3 N–H and O–H groups in total. The Kier molecular flexibility index (Phi) is 6.24. The molecule has 2 amide bonds. The Morgan fingerprint density at radius 3 is 2.58 bits per heavy atom. The van der Waals surface area contributed by atoms with Gasteiger partial charge in [-0.25, -0.2) is 9.78 Å². The molecule has 0 aromatic carbocycles. The summed E-state index contributed by atoms with van der Waals surface area (Å²) in [7, 11) is 0. The van der Waals surface area contributed by atoms with Gasteiger partial charge >= 0.3 is 6.03 Å². The van der Waals surface area contributed by atoms with E-state index in [4.69, 9.17) is 0 Å². The van der Waals surface area contributed by atoms with Crippen molar-refractivity contribution >= 4 is 17.4 Å². The van der Waals surface area contributed by atoms with E-state index in [1.54, 1.807) is 11.3 Å². The Bertz CT molecular complexity index is 399. The minimum Gasteiger partial charge on any atom is -0.391 e. The standard InChI is InChI=1S/C13H23N3O2S/c1-8(2)5-11(17)6-14-13(18)15-7-12-16-9(3)10(4)19-12/h8,11,17H,5-7H2,1-4H3,(H2,14,15,18). The number of aliphatic hydroxyl groups excluding tert-OH is 1. The summed E-state index contributed by atoms with van der Waals surface area (Å²) < 4.78 is 0. The molecular weight excluding hydrogens is 262 g/mol. The monoisotopic (exact) mass is 285 g/mol. The van der Waals surface area contributed by atoms with Crippen molar-refractivity contribution in [3.8, 4) is 0 Å². The largest absolute Gasteiger partial charge is 0.391 e. The lowest BCUT2D eigenvalue weighted by molar-refractivity contribution is 0.147. The third-order valence-electron chi connectivity index (χ3n) is 2.71. The number of carbonyl (C=O) groups is 1. The number of aliphatic hydroxyl groups is 1. The summed E-state index contributed by atoms with van der Waals surface area (Å²) in [6.07, 6.45) is 0.195. The van der Waals surface area contributed by atoms with Gasteiger partial charge in [0, 0.05) is 11.4 Å². The van der Waals surface area contributed by atoms with Crippen LogP contribution in [0.5, 0.6) is 0 Å². The van der Waals surface area contributed by atoms with Crippen LogP contribution in [0.3, 0.4) is 0 Å². The average molecular weight is 285 g/mol. The fourth-order valence-corrected chi connectivity index (χ4v) is 2.54. The minimum atomic E-state index is -0.491. The Hall–Kier alpha value is -1.14. The molecule has 1 aromatic rings. The molecule has 0 radical (unpaired) electrons. The molecule has 1 rings (SSSR count). The topological polar surface area (TPSA) is 74.2 Å². The summed E-state index contributed by atoms with van der Waals surface area (Å²) in [5.74, 6) is 0.418. The molecule has 0 saturated carbocycles. The van der Waals surface area contributed by atoms with Crippen LogP contribution in [-0.2, 0) is 6.54 Å². The lowest BCUT2D eigenvalue weighted by Crippen LogP contribution is -2.39. The van der Waals surface area contributed by atoms with Gasteiger partial charge in [-0.2, -0.15) is 0 Å². The van der Waals surface area contributed by atoms with Gasteiger partial charge in [0.25, 0.3) is 0 Å². The van der Waals surface area contributed by atoms with Crippen molar-refractivity contribution in [1.29, 1.82) is 0 Å². The van der Waals surface area contributed by atoms with Crippen LogP contribution in [0.15, 0.2) is 0 Å². The van der Waals surface area contributed by atoms with Crippen molar-refractivity contribution in [2.24, 2.45) is 5.92 Å². The van der Waals surface area contributed by atoms with E-state index >= 15 is 0 Å². The summed E-state index contributed by atoms with van der Waals surface area (Å²) in [6.45, 7) is 8.74. The minimum absolute atomic E-state index is 0.270. The van der Waals surface area contributed by atoms with Crippen molar-refractivity contribution in [3.05, 3.63) is 15.6 Å².